The highest BCUT2D eigenvalue weighted by Crippen LogP contribution is 2.23. The maximum atomic E-state index is 11.4. The van der Waals surface area contributed by atoms with Gasteiger partial charge in [-0.15, -0.1) is 0 Å². The highest BCUT2D eigenvalue weighted by molar-refractivity contribution is 6.30. The van der Waals surface area contributed by atoms with Crippen molar-refractivity contribution in [3.8, 4) is 5.75 Å². The number of hydrogen-bond donors (Lipinski definition) is 2. The topological polar surface area (TPSA) is 58.6 Å². The van der Waals surface area contributed by atoms with Crippen LogP contribution in [0, 0.1) is 0 Å². The molecule has 0 fully saturated rings. The molecule has 0 aromatic heterocycles. The lowest BCUT2D eigenvalue weighted by Gasteiger charge is -2.16. The van der Waals surface area contributed by atoms with E-state index in [4.69, 9.17) is 16.3 Å². The van der Waals surface area contributed by atoms with Crippen LogP contribution in [0.2, 0.25) is 5.02 Å². The molecule has 0 spiro atoms. The number of halogens is 1. The molecule has 0 unspecified atom stereocenters. The first-order chi connectivity index (χ1) is 9.60. The number of methoxy groups -OCH3 is 1. The fourth-order valence-corrected chi connectivity index (χ4v) is 1.92. The van der Waals surface area contributed by atoms with Crippen molar-refractivity contribution < 1.29 is 14.6 Å². The zero-order valence-corrected chi connectivity index (χ0v) is 11.6. The lowest BCUT2D eigenvalue weighted by Crippen LogP contribution is -2.20. The predicted octanol–water partition coefficient (Wildman–Crippen LogP) is 3.59. The van der Waals surface area contributed by atoms with E-state index >= 15 is 0 Å². The summed E-state index contributed by atoms with van der Waals surface area (Å²) in [7, 11) is 1.58. The van der Waals surface area contributed by atoms with Gasteiger partial charge >= 0.3 is 5.97 Å². The summed E-state index contributed by atoms with van der Waals surface area (Å²) >= 11 is 5.81. The van der Waals surface area contributed by atoms with Gasteiger partial charge in [-0.3, -0.25) is 0 Å². The normalized spacial score (nSPS) is 11.7. The highest BCUT2D eigenvalue weighted by atomic mass is 35.5. The molecule has 0 saturated carbocycles. The van der Waals surface area contributed by atoms with Crippen LogP contribution in [-0.4, -0.2) is 18.2 Å². The smallest absolute Gasteiger partial charge is 0.330 e. The molecule has 0 heterocycles. The van der Waals surface area contributed by atoms with E-state index in [1.54, 1.807) is 55.6 Å². The minimum atomic E-state index is -0.955. The third kappa shape index (κ3) is 3.42. The maximum Gasteiger partial charge on any atom is 0.330 e. The predicted molar refractivity (Wildman–Crippen MR) is 78.4 cm³/mol. The molecule has 20 heavy (non-hydrogen) atoms. The quantitative estimate of drug-likeness (QED) is 0.884. The number of nitrogens with one attached hydrogen (secondary N) is 1. The number of ether oxygens (including phenoxy) is 1. The van der Waals surface area contributed by atoms with Crippen molar-refractivity contribution in [2.24, 2.45) is 0 Å². The highest BCUT2D eigenvalue weighted by Gasteiger charge is 2.19. The largest absolute Gasteiger partial charge is 0.497 e. The number of anilines is 1. The number of aliphatic carboxylic acids is 1. The van der Waals surface area contributed by atoms with Gasteiger partial charge in [-0.25, -0.2) is 4.79 Å². The van der Waals surface area contributed by atoms with Gasteiger partial charge in [0, 0.05) is 10.7 Å². The number of carboxylic acids is 1. The van der Waals surface area contributed by atoms with Crippen molar-refractivity contribution >= 4 is 23.3 Å². The van der Waals surface area contributed by atoms with Crippen molar-refractivity contribution in [2.75, 3.05) is 12.4 Å². The van der Waals surface area contributed by atoms with Crippen LogP contribution in [0.25, 0.3) is 0 Å². The van der Waals surface area contributed by atoms with Gasteiger partial charge in [-0.1, -0.05) is 23.7 Å². The summed E-state index contributed by atoms with van der Waals surface area (Å²) in [6.07, 6.45) is 0. The van der Waals surface area contributed by atoms with Crippen LogP contribution < -0.4 is 10.1 Å². The molecule has 0 saturated heterocycles. The molecule has 0 bridgehead atoms. The molecule has 2 aromatic carbocycles. The molecule has 5 heteroatoms. The Hall–Kier alpha value is -2.20. The van der Waals surface area contributed by atoms with E-state index in [1.807, 2.05) is 0 Å². The fourth-order valence-electron chi connectivity index (χ4n) is 1.80. The first-order valence-electron chi connectivity index (χ1n) is 5.99. The van der Waals surface area contributed by atoms with Gasteiger partial charge < -0.3 is 15.2 Å². The molecule has 104 valence electrons. The van der Waals surface area contributed by atoms with Gasteiger partial charge in [-0.05, 0) is 42.0 Å². The van der Waals surface area contributed by atoms with E-state index < -0.39 is 12.0 Å². The summed E-state index contributed by atoms with van der Waals surface area (Å²) in [6.45, 7) is 0. The summed E-state index contributed by atoms with van der Waals surface area (Å²) in [6, 6.07) is 13.0. The van der Waals surface area contributed by atoms with Crippen molar-refractivity contribution in [3.63, 3.8) is 0 Å². The van der Waals surface area contributed by atoms with Gasteiger partial charge in [0.25, 0.3) is 0 Å². The molecule has 0 amide bonds. The maximum absolute atomic E-state index is 11.4. The van der Waals surface area contributed by atoms with Crippen molar-refractivity contribution in [1.29, 1.82) is 0 Å². The van der Waals surface area contributed by atoms with E-state index in [-0.39, 0.29) is 0 Å². The van der Waals surface area contributed by atoms with Crippen LogP contribution in [0.1, 0.15) is 11.6 Å². The Morgan fingerprint density at radius 2 is 1.75 bits per heavy atom. The van der Waals surface area contributed by atoms with E-state index in [1.165, 1.54) is 0 Å². The minimum absolute atomic E-state index is 0.572. The molecule has 4 nitrogen and oxygen atoms in total. The Morgan fingerprint density at radius 1 is 1.15 bits per heavy atom. The number of carbonyl (C=O) groups is 1. The van der Waals surface area contributed by atoms with Crippen molar-refractivity contribution in [1.82, 2.24) is 0 Å². The molecule has 2 aromatic rings. The second-order valence-corrected chi connectivity index (χ2v) is 4.63. The number of rotatable bonds is 5. The average Bonchev–Trinajstić information content (AvgIpc) is 2.46. The van der Waals surface area contributed by atoms with Gasteiger partial charge in [0.1, 0.15) is 5.75 Å². The second-order valence-electron chi connectivity index (χ2n) is 4.20. The standard InChI is InChI=1S/C15H14ClNO3/c1-20-13-8-6-12(7-9-13)17-14(15(18)19)10-2-4-11(16)5-3-10/h2-9,14,17H,1H3,(H,18,19)/t14-/m0/s1. The minimum Gasteiger partial charge on any atom is -0.497 e. The lowest BCUT2D eigenvalue weighted by molar-refractivity contribution is -0.138. The van der Waals surface area contributed by atoms with Gasteiger partial charge in [0.2, 0.25) is 0 Å². The summed E-state index contributed by atoms with van der Waals surface area (Å²) in [4.78, 5) is 11.4. The summed E-state index contributed by atoms with van der Waals surface area (Å²) in [5, 5.41) is 12.9. The third-order valence-electron chi connectivity index (χ3n) is 2.85. The van der Waals surface area contributed by atoms with Gasteiger partial charge in [0.15, 0.2) is 6.04 Å². The Balaban J connectivity index is 2.20. The van der Waals surface area contributed by atoms with E-state index in [2.05, 4.69) is 5.32 Å². The molecular weight excluding hydrogens is 278 g/mol. The van der Waals surface area contributed by atoms with Crippen LogP contribution in [0.3, 0.4) is 0 Å². The van der Waals surface area contributed by atoms with E-state index in [0.717, 1.165) is 0 Å². The zero-order chi connectivity index (χ0) is 14.5. The Bertz CT molecular complexity index is 581. The lowest BCUT2D eigenvalue weighted by atomic mass is 10.1. The van der Waals surface area contributed by atoms with Crippen molar-refractivity contribution in [2.45, 2.75) is 6.04 Å². The first kappa shape index (κ1) is 14.2. The summed E-state index contributed by atoms with van der Waals surface area (Å²) in [5.74, 6) is -0.239. The van der Waals surface area contributed by atoms with Crippen LogP contribution >= 0.6 is 11.6 Å². The van der Waals surface area contributed by atoms with Gasteiger partial charge in [-0.2, -0.15) is 0 Å². The molecular formula is C15H14ClNO3. The van der Waals surface area contributed by atoms with Crippen LogP contribution in [-0.2, 0) is 4.79 Å². The first-order valence-corrected chi connectivity index (χ1v) is 6.37. The van der Waals surface area contributed by atoms with E-state index in [0.29, 0.717) is 22.0 Å². The summed E-state index contributed by atoms with van der Waals surface area (Å²) in [5.41, 5.74) is 1.34. The summed E-state index contributed by atoms with van der Waals surface area (Å²) < 4.78 is 5.06. The molecule has 0 aliphatic heterocycles. The Labute approximate surface area is 122 Å². The molecule has 1 atom stereocenters. The van der Waals surface area contributed by atoms with Crippen LogP contribution in [0.4, 0.5) is 5.69 Å². The molecule has 2 N–H and O–H groups in total. The van der Waals surface area contributed by atoms with Crippen LogP contribution in [0.15, 0.2) is 48.5 Å². The number of hydrogen-bond acceptors (Lipinski definition) is 3. The number of benzene rings is 2. The van der Waals surface area contributed by atoms with Crippen molar-refractivity contribution in [3.05, 3.63) is 59.1 Å². The zero-order valence-electron chi connectivity index (χ0n) is 10.8. The Morgan fingerprint density at radius 3 is 2.25 bits per heavy atom. The molecule has 2 rings (SSSR count). The van der Waals surface area contributed by atoms with E-state index in [9.17, 15) is 9.90 Å². The molecule has 0 radical (unpaired) electrons. The Kier molecular flexibility index (Phi) is 4.48. The third-order valence-corrected chi connectivity index (χ3v) is 3.10. The molecule has 0 aliphatic rings. The second kappa shape index (κ2) is 6.30. The SMILES string of the molecule is COc1ccc(N[C@H](C(=O)O)c2ccc(Cl)cc2)cc1. The fraction of sp³-hybridized carbons (Fsp3) is 0.133. The molecule has 0 aliphatic carbocycles. The number of carboxylic acid groups (broad SMARTS) is 1. The van der Waals surface area contributed by atoms with Gasteiger partial charge in [0.05, 0.1) is 7.11 Å². The monoisotopic (exact) mass is 291 g/mol. The average molecular weight is 292 g/mol. The van der Waals surface area contributed by atoms with Crippen LogP contribution in [0.5, 0.6) is 5.75 Å².